The third kappa shape index (κ3) is 11.6. The summed E-state index contributed by atoms with van der Waals surface area (Å²) >= 11 is 0. The molecule has 3 aromatic heterocycles. The number of carbonyl (C=O) groups excluding carboxylic acids is 5. The summed E-state index contributed by atoms with van der Waals surface area (Å²) in [6.45, 7) is 13.4. The average molecular weight is 987 g/mol. The molecule has 4 atom stereocenters. The normalized spacial score (nSPS) is 18.3. The molecule has 1 saturated heterocycles. The number of aryl methyl sites for hydroxylation is 1. The molecule has 4 amide bonds. The molecule has 72 heavy (non-hydrogen) atoms. The van der Waals surface area contributed by atoms with E-state index >= 15 is 0 Å². The highest BCUT2D eigenvalue weighted by Crippen LogP contribution is 2.42. The van der Waals surface area contributed by atoms with Crippen LogP contribution >= 0.6 is 0 Å². The molecule has 2 aliphatic rings. The van der Waals surface area contributed by atoms with Crippen molar-refractivity contribution in [3.05, 3.63) is 95.7 Å². The Morgan fingerprint density at radius 1 is 1.06 bits per heavy atom. The van der Waals surface area contributed by atoms with Crippen LogP contribution in [0, 0.1) is 11.3 Å². The Hall–Kier alpha value is -6.89. The number of ether oxygens (including phenoxy) is 2. The van der Waals surface area contributed by atoms with Crippen molar-refractivity contribution >= 4 is 46.3 Å². The number of hydrogen-bond donors (Lipinski definition) is 4. The predicted molar refractivity (Wildman–Crippen MR) is 276 cm³/mol. The number of rotatable bonds is 13. The number of anilines is 1. The first kappa shape index (κ1) is 52.9. The van der Waals surface area contributed by atoms with Crippen molar-refractivity contribution in [2.45, 2.75) is 98.0 Å². The number of nitrogens with one attached hydrogen (secondary N) is 3. The smallest absolute Gasteiger partial charge is 0.324 e. The number of phenolic OH excluding ortho intramolecular Hbond substituents is 1. The predicted octanol–water partition coefficient (Wildman–Crippen LogP) is 6.04. The van der Waals surface area contributed by atoms with Gasteiger partial charge in [-0.05, 0) is 112 Å². The van der Waals surface area contributed by atoms with E-state index in [1.54, 1.807) is 52.4 Å². The summed E-state index contributed by atoms with van der Waals surface area (Å²) in [7, 11) is 8.52. The fraction of sp³-hybridized carbons (Fsp3) is 0.463. The van der Waals surface area contributed by atoms with Gasteiger partial charge in [-0.15, -0.1) is 0 Å². The molecule has 0 aliphatic carbocycles. The first-order valence-corrected chi connectivity index (χ1v) is 24.6. The molecular weight excluding hydrogens is 917 g/mol. The Kier molecular flexibility index (Phi) is 16.4. The van der Waals surface area contributed by atoms with Crippen molar-refractivity contribution in [3.63, 3.8) is 0 Å². The molecule has 0 radical (unpaired) electrons. The highest BCUT2D eigenvalue weighted by Gasteiger charge is 2.38. The number of phenols is 1. The molecule has 18 heteroatoms. The van der Waals surface area contributed by atoms with Crippen LogP contribution in [0.4, 0.5) is 5.82 Å². The fourth-order valence-electron chi connectivity index (χ4n) is 9.80. The number of aromatic hydroxyl groups is 1. The van der Waals surface area contributed by atoms with Crippen molar-refractivity contribution in [2.75, 3.05) is 53.3 Å². The van der Waals surface area contributed by atoms with Crippen LogP contribution in [0.3, 0.4) is 0 Å². The van der Waals surface area contributed by atoms with E-state index in [0.717, 1.165) is 39.0 Å². The summed E-state index contributed by atoms with van der Waals surface area (Å²) < 4.78 is 15.7. The van der Waals surface area contributed by atoms with Crippen LogP contribution in [0.2, 0.25) is 0 Å². The number of likely N-dealkylation sites (N-methyl/N-ethyl adjacent to an activating group) is 2. The summed E-state index contributed by atoms with van der Waals surface area (Å²) in [4.78, 5) is 82.6. The molecule has 5 heterocycles. The molecule has 2 aromatic carbocycles. The van der Waals surface area contributed by atoms with E-state index in [1.807, 2.05) is 44.1 Å². The Balaban J connectivity index is 1.27. The lowest BCUT2D eigenvalue weighted by Gasteiger charge is -2.36. The molecule has 1 fully saturated rings. The first-order chi connectivity index (χ1) is 34.2. The number of imidazole rings is 1. The van der Waals surface area contributed by atoms with E-state index in [1.165, 1.54) is 33.8 Å². The second kappa shape index (κ2) is 22.3. The van der Waals surface area contributed by atoms with Crippen molar-refractivity contribution in [2.24, 2.45) is 18.4 Å². The molecule has 0 saturated carbocycles. The van der Waals surface area contributed by atoms with Gasteiger partial charge >= 0.3 is 5.97 Å². The molecule has 6 bridgehead atoms. The van der Waals surface area contributed by atoms with E-state index in [9.17, 15) is 29.1 Å². The quantitative estimate of drug-likeness (QED) is 0.0788. The van der Waals surface area contributed by atoms with Gasteiger partial charge in [0, 0.05) is 81.4 Å². The monoisotopic (exact) mass is 987 g/mol. The zero-order chi connectivity index (χ0) is 52.2. The number of hydrazine groups is 1. The van der Waals surface area contributed by atoms with Crippen molar-refractivity contribution in [1.29, 1.82) is 0 Å². The molecule has 384 valence electrons. The molecule has 18 nitrogen and oxygen atoms in total. The largest absolute Gasteiger partial charge is 0.508 e. The van der Waals surface area contributed by atoms with Crippen LogP contribution in [0.5, 0.6) is 5.75 Å². The molecule has 7 rings (SSSR count). The number of cyclic esters (lactones) is 1. The minimum atomic E-state index is -1.22. The Morgan fingerprint density at radius 2 is 1.82 bits per heavy atom. The van der Waals surface area contributed by atoms with Crippen LogP contribution in [-0.4, -0.2) is 135 Å². The number of carbonyl (C=O) groups is 5. The van der Waals surface area contributed by atoms with Gasteiger partial charge < -0.3 is 44.1 Å². The van der Waals surface area contributed by atoms with E-state index in [0.29, 0.717) is 43.5 Å². The Labute approximate surface area is 421 Å². The second-order valence-corrected chi connectivity index (χ2v) is 20.3. The number of aromatic nitrogens is 4. The maximum Gasteiger partial charge on any atom is 0.324 e. The topological polar surface area (TPSA) is 205 Å². The molecule has 0 spiro atoms. The fourth-order valence-corrected chi connectivity index (χ4v) is 9.80. The molecular formula is C54H70N10O8. The number of benzene rings is 2. The lowest BCUT2D eigenvalue weighted by Crippen LogP contribution is -2.62. The summed E-state index contributed by atoms with van der Waals surface area (Å²) in [5, 5.41) is 19.5. The van der Waals surface area contributed by atoms with Crippen molar-refractivity contribution in [1.82, 2.24) is 44.7 Å². The van der Waals surface area contributed by atoms with Gasteiger partial charge in [-0.3, -0.25) is 34.0 Å². The number of fused-ring (bicyclic) bond motifs is 6. The Bertz CT molecular complexity index is 2860. The zero-order valence-corrected chi connectivity index (χ0v) is 43.4. The van der Waals surface area contributed by atoms with Crippen molar-refractivity contribution in [3.8, 4) is 28.1 Å². The molecule has 5 aromatic rings. The first-order valence-electron chi connectivity index (χ1n) is 24.6. The van der Waals surface area contributed by atoms with E-state index in [4.69, 9.17) is 14.5 Å². The number of hydrogen-bond acceptors (Lipinski definition) is 12. The van der Waals surface area contributed by atoms with Gasteiger partial charge in [0.2, 0.25) is 17.6 Å². The number of nitrogens with zero attached hydrogens (tertiary/aromatic N) is 7. The number of pyridine rings is 1. The lowest BCUT2D eigenvalue weighted by atomic mass is 9.84. The molecule has 2 aliphatic heterocycles. The maximum absolute atomic E-state index is 14.8. The maximum atomic E-state index is 14.8. The van der Waals surface area contributed by atoms with E-state index in [-0.39, 0.29) is 43.1 Å². The summed E-state index contributed by atoms with van der Waals surface area (Å²) in [6, 6.07) is 12.2. The van der Waals surface area contributed by atoms with E-state index in [2.05, 4.69) is 64.6 Å². The minimum absolute atomic E-state index is 0.0164. The second-order valence-electron chi connectivity index (χ2n) is 20.3. The van der Waals surface area contributed by atoms with Gasteiger partial charge in [-0.2, -0.15) is 0 Å². The van der Waals surface area contributed by atoms with Crippen LogP contribution < -0.4 is 16.1 Å². The average Bonchev–Trinajstić information content (AvgIpc) is 3.86. The van der Waals surface area contributed by atoms with Gasteiger partial charge in [-0.25, -0.2) is 10.4 Å². The molecule has 4 N–H and O–H groups in total. The number of amides is 4. The van der Waals surface area contributed by atoms with Gasteiger partial charge in [0.1, 0.15) is 29.7 Å². The van der Waals surface area contributed by atoms with Gasteiger partial charge in [0.05, 0.1) is 30.3 Å². The van der Waals surface area contributed by atoms with Crippen molar-refractivity contribution < 1.29 is 38.6 Å². The van der Waals surface area contributed by atoms with E-state index < -0.39 is 59.1 Å². The van der Waals surface area contributed by atoms with Crippen LogP contribution in [0.1, 0.15) is 87.9 Å². The minimum Gasteiger partial charge on any atom is -0.508 e. The zero-order valence-electron chi connectivity index (χ0n) is 43.4. The van der Waals surface area contributed by atoms with Gasteiger partial charge in [0.25, 0.3) is 11.8 Å². The summed E-state index contributed by atoms with van der Waals surface area (Å²) in [5.41, 5.74) is 9.39. The van der Waals surface area contributed by atoms with Crippen LogP contribution in [0.15, 0.2) is 73.1 Å². The highest BCUT2D eigenvalue weighted by atomic mass is 16.5. The number of methoxy groups -OCH3 is 1. The highest BCUT2D eigenvalue weighted by molar-refractivity contribution is 6.01. The standard InChI is InChI=1S/C54H70N10O8/c1-12-63-43-20-19-35-28-39(43)40(48(63)38-16-13-21-55-46(38)33(4)71-11)29-54(5,6)31-72-53(70)41-17-14-23-64(59-41)51(68)42(26-34-24-36(35)27-37(65)25-34)57-50(67)47(32(2)3)62(10)52(69)49-56-30-44(61(49)9)58-45(66)18-15-22-60(7)8/h13,15-16,18-21,24-25,27-28,30,32-33,41-42,47,59,65H,12,14,17,22-23,26,29,31H2,1-11H3,(H,57,67)(H,58,66)/b18-15+/t33-,41-,42-,47?/m0/s1. The van der Waals surface area contributed by atoms with Gasteiger partial charge in [0.15, 0.2) is 0 Å². The summed E-state index contributed by atoms with van der Waals surface area (Å²) in [6.07, 6.45) is 7.35. The number of esters is 1. The van der Waals surface area contributed by atoms with Crippen LogP contribution in [-0.2, 0) is 55.1 Å². The molecule has 1 unspecified atom stereocenters. The van der Waals surface area contributed by atoms with Crippen LogP contribution in [0.25, 0.3) is 33.3 Å². The summed E-state index contributed by atoms with van der Waals surface area (Å²) in [5.74, 6) is -2.79. The van der Waals surface area contributed by atoms with Gasteiger partial charge in [-0.1, -0.05) is 45.9 Å². The Morgan fingerprint density at radius 3 is 2.53 bits per heavy atom. The third-order valence-electron chi connectivity index (χ3n) is 13.5. The SMILES string of the molecule is CCn1c(-c2cccnc2[C@H](C)OC)c2c3cc(ccc31)-c1cc(O)cc(c1)C[C@H](NC(=O)C(C(C)C)N(C)C(=O)c1ncc(NC(=O)/C=C/CN(C)C)n1C)C(=O)N1CCC[C@H](N1)C(=O)OCC(C)(C)C2. The third-order valence-corrected chi connectivity index (χ3v) is 13.5. The lowest BCUT2D eigenvalue weighted by molar-refractivity contribution is -0.155.